The van der Waals surface area contributed by atoms with Crippen LogP contribution in [-0.2, 0) is 0 Å². The fraction of sp³-hybridized carbons (Fsp3) is 0.429. The summed E-state index contributed by atoms with van der Waals surface area (Å²) in [6.45, 7) is 8.02. The van der Waals surface area contributed by atoms with Crippen LogP contribution in [0.3, 0.4) is 0 Å². The van der Waals surface area contributed by atoms with E-state index in [9.17, 15) is 0 Å². The van der Waals surface area contributed by atoms with Crippen LogP contribution in [-0.4, -0.2) is 9.97 Å². The number of hydrogen-bond donors (Lipinski definition) is 2. The van der Waals surface area contributed by atoms with Crippen molar-refractivity contribution in [1.29, 1.82) is 0 Å². The van der Waals surface area contributed by atoms with Crippen molar-refractivity contribution in [1.82, 2.24) is 9.97 Å². The Morgan fingerprint density at radius 3 is 2.58 bits per heavy atom. The number of nitrogens with zero attached hydrogens (tertiary/aromatic N) is 2. The Balaban J connectivity index is 2.29. The molecule has 0 aliphatic rings. The van der Waals surface area contributed by atoms with Gasteiger partial charge in [-0.1, -0.05) is 13.8 Å². The van der Waals surface area contributed by atoms with E-state index in [0.29, 0.717) is 5.82 Å². The molecule has 2 aromatic heterocycles. The van der Waals surface area contributed by atoms with E-state index in [1.54, 1.807) is 6.26 Å². The highest BCUT2D eigenvalue weighted by atomic mass is 16.3. The van der Waals surface area contributed by atoms with Gasteiger partial charge in [-0.25, -0.2) is 9.97 Å². The summed E-state index contributed by atoms with van der Waals surface area (Å²) >= 11 is 0. The molecule has 0 spiro atoms. The van der Waals surface area contributed by atoms with Crippen molar-refractivity contribution in [2.24, 2.45) is 0 Å². The number of furan rings is 1. The molecule has 0 radical (unpaired) electrons. The second kappa shape index (κ2) is 5.30. The molecule has 102 valence electrons. The van der Waals surface area contributed by atoms with Gasteiger partial charge < -0.3 is 15.5 Å². The summed E-state index contributed by atoms with van der Waals surface area (Å²) in [6, 6.07) is 3.83. The molecule has 0 amide bonds. The van der Waals surface area contributed by atoms with Crippen molar-refractivity contribution in [2.45, 2.75) is 39.7 Å². The summed E-state index contributed by atoms with van der Waals surface area (Å²) in [7, 11) is 0. The molecule has 0 fully saturated rings. The monoisotopic (exact) mass is 260 g/mol. The molecule has 0 saturated carbocycles. The number of nitrogen functional groups attached to an aromatic ring is 1. The summed E-state index contributed by atoms with van der Waals surface area (Å²) in [5.74, 6) is 3.13. The quantitative estimate of drug-likeness (QED) is 0.882. The highest BCUT2D eigenvalue weighted by Gasteiger charge is 2.15. The summed E-state index contributed by atoms with van der Waals surface area (Å²) in [4.78, 5) is 8.84. The maximum Gasteiger partial charge on any atom is 0.135 e. The van der Waals surface area contributed by atoms with Crippen LogP contribution in [0.1, 0.15) is 49.9 Å². The van der Waals surface area contributed by atoms with Gasteiger partial charge in [-0.3, -0.25) is 0 Å². The van der Waals surface area contributed by atoms with Crippen LogP contribution in [0.5, 0.6) is 0 Å². The van der Waals surface area contributed by atoms with Gasteiger partial charge in [-0.2, -0.15) is 0 Å². The van der Waals surface area contributed by atoms with Crippen LogP contribution in [0.4, 0.5) is 11.6 Å². The SMILES string of the molecule is Cc1c(N)nc(C(C)C)nc1NC(C)c1ccco1. The van der Waals surface area contributed by atoms with Crippen molar-refractivity contribution in [3.05, 3.63) is 35.5 Å². The van der Waals surface area contributed by atoms with Crippen molar-refractivity contribution < 1.29 is 4.42 Å². The molecule has 0 aliphatic heterocycles. The Hall–Kier alpha value is -2.04. The summed E-state index contributed by atoms with van der Waals surface area (Å²) < 4.78 is 5.38. The Labute approximate surface area is 113 Å². The Morgan fingerprint density at radius 2 is 2.00 bits per heavy atom. The fourth-order valence-corrected chi connectivity index (χ4v) is 1.76. The number of nitrogens with one attached hydrogen (secondary N) is 1. The third-order valence-electron chi connectivity index (χ3n) is 3.04. The second-order valence-corrected chi connectivity index (χ2v) is 4.98. The van der Waals surface area contributed by atoms with Crippen LogP contribution in [0.2, 0.25) is 0 Å². The third kappa shape index (κ3) is 2.86. The van der Waals surface area contributed by atoms with Gasteiger partial charge in [-0.05, 0) is 26.0 Å². The molecule has 5 heteroatoms. The van der Waals surface area contributed by atoms with E-state index in [2.05, 4.69) is 15.3 Å². The first kappa shape index (κ1) is 13.4. The summed E-state index contributed by atoms with van der Waals surface area (Å²) in [6.07, 6.45) is 1.66. The van der Waals surface area contributed by atoms with E-state index in [1.807, 2.05) is 39.8 Å². The average molecular weight is 260 g/mol. The van der Waals surface area contributed by atoms with Gasteiger partial charge in [0.25, 0.3) is 0 Å². The van der Waals surface area contributed by atoms with Crippen LogP contribution in [0, 0.1) is 6.92 Å². The number of nitrogens with two attached hydrogens (primary N) is 1. The highest BCUT2D eigenvalue weighted by molar-refractivity contribution is 5.55. The van der Waals surface area contributed by atoms with Crippen molar-refractivity contribution in [3.8, 4) is 0 Å². The predicted molar refractivity (Wildman–Crippen MR) is 76.0 cm³/mol. The van der Waals surface area contributed by atoms with E-state index >= 15 is 0 Å². The molecular weight excluding hydrogens is 240 g/mol. The van der Waals surface area contributed by atoms with Crippen LogP contribution >= 0.6 is 0 Å². The molecule has 2 aromatic rings. The smallest absolute Gasteiger partial charge is 0.135 e. The number of hydrogen-bond acceptors (Lipinski definition) is 5. The van der Waals surface area contributed by atoms with Crippen LogP contribution < -0.4 is 11.1 Å². The molecule has 0 aliphatic carbocycles. The molecular formula is C14H20N4O. The highest BCUT2D eigenvalue weighted by Crippen LogP contribution is 2.25. The minimum Gasteiger partial charge on any atom is -0.467 e. The number of aromatic nitrogens is 2. The fourth-order valence-electron chi connectivity index (χ4n) is 1.76. The molecule has 3 N–H and O–H groups in total. The lowest BCUT2D eigenvalue weighted by Crippen LogP contribution is -2.13. The molecule has 1 unspecified atom stereocenters. The topological polar surface area (TPSA) is 77.0 Å². The first-order valence-corrected chi connectivity index (χ1v) is 6.43. The number of rotatable bonds is 4. The molecule has 19 heavy (non-hydrogen) atoms. The standard InChI is InChI=1S/C14H20N4O/c1-8(2)13-17-12(15)9(3)14(18-13)16-10(4)11-6-5-7-19-11/h5-8,10H,1-4H3,(H3,15,16,17,18). The average Bonchev–Trinajstić information content (AvgIpc) is 2.88. The van der Waals surface area contributed by atoms with Gasteiger partial charge in [0.15, 0.2) is 0 Å². The first-order chi connectivity index (χ1) is 8.99. The van der Waals surface area contributed by atoms with Gasteiger partial charge in [-0.15, -0.1) is 0 Å². The molecule has 5 nitrogen and oxygen atoms in total. The lowest BCUT2D eigenvalue weighted by atomic mass is 10.2. The van der Waals surface area contributed by atoms with Crippen molar-refractivity contribution in [3.63, 3.8) is 0 Å². The van der Waals surface area contributed by atoms with Crippen molar-refractivity contribution >= 4 is 11.6 Å². The zero-order chi connectivity index (χ0) is 14.0. The Kier molecular flexibility index (Phi) is 3.74. The molecule has 0 aromatic carbocycles. The van der Waals surface area contributed by atoms with E-state index in [0.717, 1.165) is 23.0 Å². The van der Waals surface area contributed by atoms with E-state index in [4.69, 9.17) is 10.2 Å². The zero-order valence-electron chi connectivity index (χ0n) is 11.8. The minimum atomic E-state index is 0.0306. The molecule has 2 heterocycles. The third-order valence-corrected chi connectivity index (χ3v) is 3.04. The van der Waals surface area contributed by atoms with Gasteiger partial charge in [0, 0.05) is 11.5 Å². The molecule has 2 rings (SSSR count). The van der Waals surface area contributed by atoms with Crippen molar-refractivity contribution in [2.75, 3.05) is 11.1 Å². The second-order valence-electron chi connectivity index (χ2n) is 4.98. The summed E-state index contributed by atoms with van der Waals surface area (Å²) in [5.41, 5.74) is 6.80. The normalized spacial score (nSPS) is 12.7. The first-order valence-electron chi connectivity index (χ1n) is 6.43. The van der Waals surface area contributed by atoms with E-state index in [-0.39, 0.29) is 12.0 Å². The zero-order valence-corrected chi connectivity index (χ0v) is 11.8. The lowest BCUT2D eigenvalue weighted by molar-refractivity contribution is 0.490. The lowest BCUT2D eigenvalue weighted by Gasteiger charge is -2.16. The summed E-state index contributed by atoms with van der Waals surface area (Å²) in [5, 5.41) is 3.32. The van der Waals surface area contributed by atoms with Gasteiger partial charge in [0.1, 0.15) is 23.2 Å². The molecule has 0 saturated heterocycles. The van der Waals surface area contributed by atoms with Crippen LogP contribution in [0.15, 0.2) is 22.8 Å². The largest absolute Gasteiger partial charge is 0.467 e. The van der Waals surface area contributed by atoms with Gasteiger partial charge in [0.2, 0.25) is 0 Å². The molecule has 0 bridgehead atoms. The number of anilines is 2. The van der Waals surface area contributed by atoms with Gasteiger partial charge >= 0.3 is 0 Å². The van der Waals surface area contributed by atoms with E-state index in [1.165, 1.54) is 0 Å². The molecule has 1 atom stereocenters. The Morgan fingerprint density at radius 1 is 1.26 bits per heavy atom. The maximum atomic E-state index is 5.94. The minimum absolute atomic E-state index is 0.0306. The Bertz CT molecular complexity index is 549. The van der Waals surface area contributed by atoms with Gasteiger partial charge in [0.05, 0.1) is 12.3 Å². The van der Waals surface area contributed by atoms with E-state index < -0.39 is 0 Å². The predicted octanol–water partition coefficient (Wildman–Crippen LogP) is 3.26. The van der Waals surface area contributed by atoms with Crippen LogP contribution in [0.25, 0.3) is 0 Å². The maximum absolute atomic E-state index is 5.94.